The largest absolute Gasteiger partial charge is 0.388 e. The Labute approximate surface area is 73.4 Å². The summed E-state index contributed by atoms with van der Waals surface area (Å²) in [5.41, 5.74) is -1.01. The Hall–Kier alpha value is -0.570. The van der Waals surface area contributed by atoms with E-state index in [0.717, 1.165) is 6.42 Å². The molecule has 1 atom stereocenters. The summed E-state index contributed by atoms with van der Waals surface area (Å²) in [6.07, 6.45) is 1.41. The first-order chi connectivity index (χ1) is 5.43. The summed E-state index contributed by atoms with van der Waals surface area (Å²) in [6, 6.07) is -0.576. The SMILES string of the molecule is [CH]C(N1CCCC1=O)C(C)(C)O. The van der Waals surface area contributed by atoms with Crippen LogP contribution in [0.15, 0.2) is 0 Å². The van der Waals surface area contributed by atoms with Crippen LogP contribution in [-0.4, -0.2) is 34.1 Å². The molecule has 1 aliphatic rings. The van der Waals surface area contributed by atoms with Gasteiger partial charge in [-0.1, -0.05) is 0 Å². The van der Waals surface area contributed by atoms with Crippen LogP contribution in [0.4, 0.5) is 0 Å². The van der Waals surface area contributed by atoms with Crippen molar-refractivity contribution < 1.29 is 9.90 Å². The standard InChI is InChI=1S/C9H15NO2/c1-7(9(2,3)12)10-6-4-5-8(10)11/h1,7,12H,4-6H2,2-3H3. The molecule has 0 aromatic rings. The molecule has 3 heteroatoms. The molecule has 1 saturated heterocycles. The van der Waals surface area contributed by atoms with E-state index in [1.54, 1.807) is 18.7 Å². The monoisotopic (exact) mass is 169 g/mol. The molecule has 1 amide bonds. The first-order valence-electron chi connectivity index (χ1n) is 4.20. The number of carbonyl (C=O) groups is 1. The number of likely N-dealkylation sites (tertiary alicyclic amines) is 1. The van der Waals surface area contributed by atoms with Gasteiger partial charge in [-0.15, -0.1) is 0 Å². The lowest BCUT2D eigenvalue weighted by Gasteiger charge is -2.33. The van der Waals surface area contributed by atoms with E-state index in [4.69, 9.17) is 6.92 Å². The molecule has 68 valence electrons. The Balaban J connectivity index is 2.63. The van der Waals surface area contributed by atoms with E-state index in [1.165, 1.54) is 0 Å². The van der Waals surface area contributed by atoms with Crippen molar-refractivity contribution in [1.29, 1.82) is 0 Å². The van der Waals surface area contributed by atoms with Crippen LogP contribution in [-0.2, 0) is 4.79 Å². The molecule has 1 unspecified atom stereocenters. The third-order valence-electron chi connectivity index (χ3n) is 2.17. The predicted octanol–water partition coefficient (Wildman–Crippen LogP) is 0.459. The molecule has 0 bridgehead atoms. The molecular formula is C9H15NO2. The Bertz CT molecular complexity index is 183. The molecule has 0 aliphatic carbocycles. The second kappa shape index (κ2) is 3.05. The summed E-state index contributed by atoms with van der Waals surface area (Å²) in [4.78, 5) is 12.7. The molecule has 1 aliphatic heterocycles. The number of rotatable bonds is 2. The molecule has 1 N–H and O–H groups in total. The molecule has 0 aromatic carbocycles. The van der Waals surface area contributed by atoms with E-state index in [2.05, 4.69) is 0 Å². The van der Waals surface area contributed by atoms with Gasteiger partial charge in [-0.05, 0) is 27.2 Å². The molecule has 0 saturated carbocycles. The van der Waals surface area contributed by atoms with Crippen molar-refractivity contribution in [2.24, 2.45) is 0 Å². The Morgan fingerprint density at radius 3 is 2.58 bits per heavy atom. The van der Waals surface area contributed by atoms with Crippen molar-refractivity contribution in [1.82, 2.24) is 4.90 Å². The van der Waals surface area contributed by atoms with E-state index in [1.807, 2.05) is 0 Å². The van der Waals surface area contributed by atoms with Crippen molar-refractivity contribution in [3.05, 3.63) is 6.92 Å². The van der Waals surface area contributed by atoms with Crippen molar-refractivity contribution in [3.8, 4) is 0 Å². The molecule has 0 spiro atoms. The van der Waals surface area contributed by atoms with Gasteiger partial charge in [0.25, 0.3) is 0 Å². The van der Waals surface area contributed by atoms with Crippen LogP contribution >= 0.6 is 0 Å². The lowest BCUT2D eigenvalue weighted by Crippen LogP contribution is -2.48. The van der Waals surface area contributed by atoms with E-state index in [0.29, 0.717) is 13.0 Å². The maximum Gasteiger partial charge on any atom is 0.222 e. The van der Waals surface area contributed by atoms with Crippen LogP contribution in [0.5, 0.6) is 0 Å². The quantitative estimate of drug-likeness (QED) is 0.652. The summed E-state index contributed by atoms with van der Waals surface area (Å²) < 4.78 is 0. The van der Waals surface area contributed by atoms with Crippen molar-refractivity contribution >= 4 is 5.91 Å². The second-order valence-electron chi connectivity index (χ2n) is 3.79. The highest BCUT2D eigenvalue weighted by atomic mass is 16.3. The lowest BCUT2D eigenvalue weighted by molar-refractivity contribution is -0.133. The normalized spacial score (nSPS) is 21.7. The number of carbonyl (C=O) groups excluding carboxylic acids is 1. The van der Waals surface area contributed by atoms with Crippen molar-refractivity contribution in [2.45, 2.75) is 38.3 Å². The van der Waals surface area contributed by atoms with Crippen LogP contribution < -0.4 is 0 Å². The maximum atomic E-state index is 11.2. The number of hydrogen-bond acceptors (Lipinski definition) is 2. The zero-order valence-electron chi connectivity index (χ0n) is 7.58. The number of aliphatic hydroxyl groups is 1. The Morgan fingerprint density at radius 2 is 2.25 bits per heavy atom. The van der Waals surface area contributed by atoms with Gasteiger partial charge in [0.15, 0.2) is 0 Å². The van der Waals surface area contributed by atoms with Gasteiger partial charge >= 0.3 is 0 Å². The highest BCUT2D eigenvalue weighted by Gasteiger charge is 2.33. The highest BCUT2D eigenvalue weighted by Crippen LogP contribution is 2.20. The fourth-order valence-electron chi connectivity index (χ4n) is 1.34. The molecular weight excluding hydrogens is 154 g/mol. The average molecular weight is 169 g/mol. The summed E-state index contributed by atoms with van der Waals surface area (Å²) in [5, 5.41) is 9.55. The van der Waals surface area contributed by atoms with E-state index in [-0.39, 0.29) is 5.91 Å². The number of nitrogens with zero attached hydrogens (tertiary/aromatic N) is 1. The first kappa shape index (κ1) is 9.52. The molecule has 0 aromatic heterocycles. The number of hydrogen-bond donors (Lipinski definition) is 1. The van der Waals surface area contributed by atoms with Gasteiger partial charge in [0.1, 0.15) is 0 Å². The van der Waals surface area contributed by atoms with Gasteiger partial charge in [-0.2, -0.15) is 0 Å². The van der Waals surface area contributed by atoms with Crippen LogP contribution in [0.3, 0.4) is 0 Å². The molecule has 2 radical (unpaired) electrons. The zero-order chi connectivity index (χ0) is 9.35. The minimum Gasteiger partial charge on any atom is -0.388 e. The molecule has 12 heavy (non-hydrogen) atoms. The van der Waals surface area contributed by atoms with E-state index < -0.39 is 11.6 Å². The minimum atomic E-state index is -1.01. The fourth-order valence-corrected chi connectivity index (χ4v) is 1.34. The van der Waals surface area contributed by atoms with Crippen LogP contribution in [0.1, 0.15) is 26.7 Å². The van der Waals surface area contributed by atoms with Crippen LogP contribution in [0.2, 0.25) is 0 Å². The summed E-state index contributed by atoms with van der Waals surface area (Å²) in [6.45, 7) is 9.60. The predicted molar refractivity (Wildman–Crippen MR) is 45.3 cm³/mol. The summed E-state index contributed by atoms with van der Waals surface area (Å²) >= 11 is 0. The lowest BCUT2D eigenvalue weighted by atomic mass is 9.99. The minimum absolute atomic E-state index is 0.0459. The van der Waals surface area contributed by atoms with Crippen LogP contribution in [0.25, 0.3) is 0 Å². The molecule has 1 rings (SSSR count). The summed E-state index contributed by atoms with van der Waals surface area (Å²) in [5.74, 6) is 0.0459. The third kappa shape index (κ3) is 1.78. The molecule has 1 heterocycles. The van der Waals surface area contributed by atoms with Gasteiger partial charge in [0, 0.05) is 13.0 Å². The van der Waals surface area contributed by atoms with Gasteiger partial charge in [0.2, 0.25) is 5.91 Å². The Kier molecular flexibility index (Phi) is 2.42. The van der Waals surface area contributed by atoms with E-state index in [9.17, 15) is 9.90 Å². The average Bonchev–Trinajstić information content (AvgIpc) is 2.31. The fraction of sp³-hybridized carbons (Fsp3) is 0.778. The van der Waals surface area contributed by atoms with Crippen LogP contribution in [0, 0.1) is 6.92 Å². The molecule has 1 fully saturated rings. The number of amides is 1. The Morgan fingerprint density at radius 1 is 1.67 bits per heavy atom. The zero-order valence-corrected chi connectivity index (χ0v) is 7.58. The van der Waals surface area contributed by atoms with Gasteiger partial charge in [-0.3, -0.25) is 4.79 Å². The second-order valence-corrected chi connectivity index (χ2v) is 3.79. The molecule has 3 nitrogen and oxygen atoms in total. The third-order valence-corrected chi connectivity index (χ3v) is 2.17. The van der Waals surface area contributed by atoms with Crippen molar-refractivity contribution in [2.75, 3.05) is 6.54 Å². The van der Waals surface area contributed by atoms with Gasteiger partial charge in [-0.25, -0.2) is 0 Å². The topological polar surface area (TPSA) is 40.5 Å². The van der Waals surface area contributed by atoms with E-state index >= 15 is 0 Å². The highest BCUT2D eigenvalue weighted by molar-refractivity contribution is 5.78. The summed E-state index contributed by atoms with van der Waals surface area (Å²) in [7, 11) is 0. The maximum absolute atomic E-state index is 11.2. The van der Waals surface area contributed by atoms with Crippen molar-refractivity contribution in [3.63, 3.8) is 0 Å². The first-order valence-corrected chi connectivity index (χ1v) is 4.20. The van der Waals surface area contributed by atoms with Gasteiger partial charge < -0.3 is 10.0 Å². The smallest absolute Gasteiger partial charge is 0.222 e. The van der Waals surface area contributed by atoms with Gasteiger partial charge in [0.05, 0.1) is 11.6 Å².